The van der Waals surface area contributed by atoms with Crippen molar-refractivity contribution in [3.63, 3.8) is 0 Å². The third-order valence-corrected chi connectivity index (χ3v) is 24.7. The molecule has 4 aromatic carbocycles. The van der Waals surface area contributed by atoms with Crippen LogP contribution in [0.3, 0.4) is 0 Å². The Hall–Kier alpha value is -3.09. The topological polar surface area (TPSA) is 3.24 Å². The van der Waals surface area contributed by atoms with Crippen molar-refractivity contribution in [2.24, 2.45) is 0 Å². The molecule has 1 nitrogen and oxygen atoms in total. The van der Waals surface area contributed by atoms with Crippen molar-refractivity contribution in [1.29, 1.82) is 0 Å². The molecule has 0 amide bonds. The van der Waals surface area contributed by atoms with Crippen molar-refractivity contribution in [2.45, 2.75) is 22.1 Å². The summed E-state index contributed by atoms with van der Waals surface area (Å²) in [5.41, 5.74) is 9.87. The van der Waals surface area contributed by atoms with Crippen molar-refractivity contribution < 1.29 is 18.3 Å². The van der Waals surface area contributed by atoms with Crippen molar-refractivity contribution >= 4 is 12.2 Å². The molecule has 0 radical (unpaired) electrons. The van der Waals surface area contributed by atoms with E-state index in [2.05, 4.69) is 144 Å². The van der Waals surface area contributed by atoms with Gasteiger partial charge in [-0.15, -0.1) is 0 Å². The van der Waals surface area contributed by atoms with Gasteiger partial charge in [0, 0.05) is 0 Å². The Morgan fingerprint density at radius 3 is 1.95 bits per heavy atom. The maximum absolute atomic E-state index is 4.15. The van der Waals surface area contributed by atoms with E-state index in [1.165, 1.54) is 33.5 Å². The standard InChI is InChI=1S/C15H14N.C13H10.C5H5.2CH3.Zr/c1-16(2)14-9-5-7-12-10-11-6-3-4-8-13(11)15(12)14;1-3-7-12(8-4-1)11-13-9-5-2-6-10-13;1-2-4-5-3-1;;;/h3-6,8-9H,10H2,1-2H3;1-10H;1-3H,4H2;2*1H3;. The molecule has 0 atom stereocenters. The van der Waals surface area contributed by atoms with Crippen molar-refractivity contribution in [2.75, 3.05) is 19.0 Å². The fourth-order valence-electron chi connectivity index (χ4n) is 7.02. The van der Waals surface area contributed by atoms with Gasteiger partial charge in [-0.25, -0.2) is 0 Å². The summed E-state index contributed by atoms with van der Waals surface area (Å²) < 4.78 is 10.2. The molecule has 0 unspecified atom stereocenters. The van der Waals surface area contributed by atoms with Crippen LogP contribution in [0.4, 0.5) is 5.69 Å². The molecule has 2 aliphatic rings. The maximum atomic E-state index is 2.68. The van der Waals surface area contributed by atoms with E-state index < -0.39 is 18.3 Å². The van der Waals surface area contributed by atoms with E-state index in [9.17, 15) is 0 Å². The van der Waals surface area contributed by atoms with Crippen LogP contribution in [0.15, 0.2) is 119 Å². The van der Waals surface area contributed by atoms with Gasteiger partial charge in [0.2, 0.25) is 0 Å². The molecule has 4 aromatic rings. The molecule has 0 saturated carbocycles. The fourth-order valence-corrected chi connectivity index (χ4v) is 21.8. The number of hydrogen-bond acceptors (Lipinski definition) is 1. The summed E-state index contributed by atoms with van der Waals surface area (Å²) in [6.07, 6.45) is 9.13. The zero-order chi connectivity index (χ0) is 25.6. The quantitative estimate of drug-likeness (QED) is 0.212. The number of anilines is 1. The van der Waals surface area contributed by atoms with Crippen LogP contribution in [0.25, 0.3) is 11.1 Å². The second-order valence-electron chi connectivity index (χ2n) is 11.5. The third-order valence-electron chi connectivity index (χ3n) is 8.84. The predicted octanol–water partition coefficient (Wildman–Crippen LogP) is 7.85. The molecule has 37 heavy (non-hydrogen) atoms. The zero-order valence-corrected chi connectivity index (χ0v) is 24.8. The van der Waals surface area contributed by atoms with E-state index >= 15 is 0 Å². The first-order chi connectivity index (χ1) is 17.9. The normalized spacial score (nSPS) is 14.2. The van der Waals surface area contributed by atoms with E-state index in [1.807, 2.05) is 0 Å². The first kappa shape index (κ1) is 24.3. The van der Waals surface area contributed by atoms with Gasteiger partial charge in [-0.05, 0) is 0 Å². The van der Waals surface area contributed by atoms with Gasteiger partial charge in [0.25, 0.3) is 0 Å². The molecule has 0 fully saturated rings. The van der Waals surface area contributed by atoms with Gasteiger partial charge < -0.3 is 0 Å². The Labute approximate surface area is 222 Å². The Bertz CT molecular complexity index is 1590. The Morgan fingerprint density at radius 1 is 0.730 bits per heavy atom. The number of fused-ring (bicyclic) bond motifs is 3. The summed E-state index contributed by atoms with van der Waals surface area (Å²) in [7, 11) is 4.35. The van der Waals surface area contributed by atoms with Gasteiger partial charge in [-0.2, -0.15) is 0 Å². The van der Waals surface area contributed by atoms with Crippen LogP contribution in [0, 0.1) is 0 Å². The summed E-state index contributed by atoms with van der Waals surface area (Å²) in [6, 6.07) is 36.3. The van der Waals surface area contributed by atoms with Crippen LogP contribution in [0.1, 0.15) is 28.7 Å². The van der Waals surface area contributed by atoms with Gasteiger partial charge >= 0.3 is 224 Å². The van der Waals surface area contributed by atoms with E-state index in [1.54, 1.807) is 15.3 Å². The molecule has 0 aliphatic heterocycles. The van der Waals surface area contributed by atoms with Crippen molar-refractivity contribution in [3.8, 4) is 11.1 Å². The Morgan fingerprint density at radius 2 is 1.35 bits per heavy atom. The van der Waals surface area contributed by atoms with Crippen LogP contribution >= 0.6 is 0 Å². The van der Waals surface area contributed by atoms with Crippen molar-refractivity contribution in [1.82, 2.24) is 0 Å². The predicted molar refractivity (Wildman–Crippen MR) is 158 cm³/mol. The molecule has 0 spiro atoms. The molecule has 6 rings (SSSR count). The molecule has 0 heterocycles. The Balaban J connectivity index is 1.82. The average molecular weight is 561 g/mol. The minimum atomic E-state index is -4.15. The van der Waals surface area contributed by atoms with Gasteiger partial charge in [0.1, 0.15) is 0 Å². The minimum absolute atomic E-state index is 1.01. The van der Waals surface area contributed by atoms with E-state index in [-0.39, 0.29) is 0 Å². The SMILES string of the molecule is CN(C)c1cc[c]([Zr]([CH3])([CH3])([C]2=CC=CC2)=[C](c2ccccc2)c2ccccc2)c2c1-c1ccccc1C2. The van der Waals surface area contributed by atoms with Gasteiger partial charge in [0.15, 0.2) is 0 Å². The summed E-state index contributed by atoms with van der Waals surface area (Å²) in [5.74, 6) is 0. The van der Waals surface area contributed by atoms with E-state index in [0.717, 1.165) is 12.8 Å². The first-order valence-corrected chi connectivity index (χ1v) is 22.0. The summed E-state index contributed by atoms with van der Waals surface area (Å²) in [6.45, 7) is 0. The van der Waals surface area contributed by atoms with Crippen molar-refractivity contribution in [3.05, 3.63) is 141 Å². The van der Waals surface area contributed by atoms with E-state index in [4.69, 9.17) is 0 Å². The number of nitrogens with zero attached hydrogens (tertiary/aromatic N) is 1. The summed E-state index contributed by atoms with van der Waals surface area (Å²) in [5, 5.41) is 0. The van der Waals surface area contributed by atoms with Gasteiger partial charge in [0.05, 0.1) is 0 Å². The number of hydrogen-bond donors (Lipinski definition) is 0. The van der Waals surface area contributed by atoms with E-state index in [0.29, 0.717) is 0 Å². The van der Waals surface area contributed by atoms with Crippen LogP contribution in [-0.4, -0.2) is 17.3 Å². The molecule has 0 bridgehead atoms. The second-order valence-corrected chi connectivity index (χ2v) is 27.3. The molecular weight excluding hydrogens is 526 g/mol. The Kier molecular flexibility index (Phi) is 5.92. The number of benzene rings is 4. The first-order valence-electron chi connectivity index (χ1n) is 13.4. The molecular formula is C35H35NZr. The molecule has 0 saturated heterocycles. The van der Waals surface area contributed by atoms with Crippen LogP contribution in [-0.2, 0) is 24.7 Å². The molecule has 184 valence electrons. The third kappa shape index (κ3) is 3.72. The average Bonchev–Trinajstić information content (AvgIpc) is 3.59. The molecule has 0 aromatic heterocycles. The van der Waals surface area contributed by atoms with Crippen LogP contribution in [0.5, 0.6) is 0 Å². The summed E-state index contributed by atoms with van der Waals surface area (Å²) in [4.78, 5) is 2.29. The number of allylic oxidation sites excluding steroid dienone is 4. The fraction of sp³-hybridized carbons (Fsp3) is 0.171. The molecule has 2 aliphatic carbocycles. The second kappa shape index (κ2) is 9.03. The molecule has 0 N–H and O–H groups in total. The monoisotopic (exact) mass is 559 g/mol. The number of rotatable bonds is 5. The van der Waals surface area contributed by atoms with Crippen LogP contribution in [0.2, 0.25) is 9.26 Å². The van der Waals surface area contributed by atoms with Gasteiger partial charge in [-0.1, -0.05) is 0 Å². The van der Waals surface area contributed by atoms with Gasteiger partial charge in [-0.3, -0.25) is 0 Å². The summed E-state index contributed by atoms with van der Waals surface area (Å²) >= 11 is -4.15. The molecule has 2 heteroatoms. The zero-order valence-electron chi connectivity index (χ0n) is 22.3. The van der Waals surface area contributed by atoms with Crippen LogP contribution < -0.4 is 8.17 Å².